The van der Waals surface area contributed by atoms with Crippen LogP contribution >= 0.6 is 0 Å². The molecule has 1 atom stereocenters. The Morgan fingerprint density at radius 2 is 2.15 bits per heavy atom. The fourth-order valence-corrected chi connectivity index (χ4v) is 3.14. The molecule has 1 aromatic heterocycles. The molecular weight excluding hydrogens is 250 g/mol. The predicted molar refractivity (Wildman–Crippen MR) is 80.1 cm³/mol. The number of ether oxygens (including phenoxy) is 1. The summed E-state index contributed by atoms with van der Waals surface area (Å²) in [6.45, 7) is 4.07. The van der Waals surface area contributed by atoms with Gasteiger partial charge in [-0.1, -0.05) is 6.92 Å². The van der Waals surface area contributed by atoms with Crippen molar-refractivity contribution in [3.8, 4) is 0 Å². The van der Waals surface area contributed by atoms with Crippen LogP contribution in [0.2, 0.25) is 0 Å². The Balaban J connectivity index is 1.76. The average molecular weight is 275 g/mol. The van der Waals surface area contributed by atoms with Gasteiger partial charge in [-0.2, -0.15) is 0 Å². The molecule has 4 nitrogen and oxygen atoms in total. The third-order valence-corrected chi connectivity index (χ3v) is 4.21. The number of hydrogen-bond acceptors (Lipinski definition) is 4. The van der Waals surface area contributed by atoms with Gasteiger partial charge in [-0.15, -0.1) is 0 Å². The van der Waals surface area contributed by atoms with Crippen LogP contribution in [-0.2, 0) is 24.0 Å². The van der Waals surface area contributed by atoms with E-state index in [-0.39, 0.29) is 0 Å². The minimum Gasteiger partial charge on any atom is -0.378 e. The van der Waals surface area contributed by atoms with E-state index in [0.29, 0.717) is 6.10 Å². The van der Waals surface area contributed by atoms with Gasteiger partial charge in [-0.05, 0) is 44.9 Å². The maximum atomic E-state index is 5.82. The van der Waals surface area contributed by atoms with E-state index in [1.165, 1.54) is 30.5 Å². The van der Waals surface area contributed by atoms with Gasteiger partial charge in [0.2, 0.25) is 0 Å². The lowest BCUT2D eigenvalue weighted by Gasteiger charge is -2.22. The molecule has 0 radical (unpaired) electrons. The van der Waals surface area contributed by atoms with Crippen molar-refractivity contribution in [1.29, 1.82) is 0 Å². The lowest BCUT2D eigenvalue weighted by Crippen LogP contribution is -2.23. The monoisotopic (exact) mass is 275 g/mol. The molecule has 4 heteroatoms. The van der Waals surface area contributed by atoms with E-state index in [1.54, 1.807) is 0 Å². The van der Waals surface area contributed by atoms with E-state index in [4.69, 9.17) is 14.7 Å². The Labute approximate surface area is 121 Å². The van der Waals surface area contributed by atoms with Crippen molar-refractivity contribution in [3.63, 3.8) is 0 Å². The molecule has 0 bridgehead atoms. The number of aromatic nitrogens is 2. The summed E-state index contributed by atoms with van der Waals surface area (Å²) in [5.74, 6) is 2.05. The highest BCUT2D eigenvalue weighted by Crippen LogP contribution is 2.27. The van der Waals surface area contributed by atoms with Gasteiger partial charge in [0.15, 0.2) is 0 Å². The molecule has 0 amide bonds. The third kappa shape index (κ3) is 3.11. The Morgan fingerprint density at radius 3 is 2.95 bits per heavy atom. The van der Waals surface area contributed by atoms with E-state index in [2.05, 4.69) is 12.2 Å². The molecule has 1 unspecified atom stereocenters. The number of nitrogens with one attached hydrogen (secondary N) is 1. The topological polar surface area (TPSA) is 47.0 Å². The van der Waals surface area contributed by atoms with Gasteiger partial charge in [0.25, 0.3) is 0 Å². The molecule has 1 fully saturated rings. The summed E-state index contributed by atoms with van der Waals surface area (Å²) in [7, 11) is 0. The highest BCUT2D eigenvalue weighted by molar-refractivity contribution is 5.48. The summed E-state index contributed by atoms with van der Waals surface area (Å²) in [5.41, 5.74) is 2.62. The number of fused-ring (bicyclic) bond motifs is 1. The van der Waals surface area contributed by atoms with Crippen LogP contribution in [0.15, 0.2) is 0 Å². The van der Waals surface area contributed by atoms with Crippen LogP contribution in [0, 0.1) is 0 Å². The summed E-state index contributed by atoms with van der Waals surface area (Å²) in [4.78, 5) is 9.56. The van der Waals surface area contributed by atoms with E-state index >= 15 is 0 Å². The summed E-state index contributed by atoms with van der Waals surface area (Å²) >= 11 is 0. The minimum atomic E-state index is 0.322. The summed E-state index contributed by atoms with van der Waals surface area (Å²) in [5, 5.41) is 3.48. The Hall–Kier alpha value is -1.16. The van der Waals surface area contributed by atoms with Gasteiger partial charge in [0, 0.05) is 30.8 Å². The van der Waals surface area contributed by atoms with Gasteiger partial charge in [0.05, 0.1) is 6.10 Å². The van der Waals surface area contributed by atoms with Crippen LogP contribution < -0.4 is 5.32 Å². The summed E-state index contributed by atoms with van der Waals surface area (Å²) in [6, 6.07) is 0. The van der Waals surface area contributed by atoms with E-state index in [1.807, 2.05) is 0 Å². The van der Waals surface area contributed by atoms with Gasteiger partial charge >= 0.3 is 0 Å². The Morgan fingerprint density at radius 1 is 1.20 bits per heavy atom. The molecular formula is C16H25N3O. The predicted octanol–water partition coefficient (Wildman–Crippen LogP) is 2.90. The second kappa shape index (κ2) is 6.53. The smallest absolute Gasteiger partial charge is 0.133 e. The molecule has 1 aliphatic carbocycles. The van der Waals surface area contributed by atoms with Gasteiger partial charge < -0.3 is 10.1 Å². The quantitative estimate of drug-likeness (QED) is 0.897. The lowest BCUT2D eigenvalue weighted by molar-refractivity contribution is 0.0156. The molecule has 3 rings (SSSR count). The highest BCUT2D eigenvalue weighted by Gasteiger charge is 2.21. The van der Waals surface area contributed by atoms with E-state index in [9.17, 15) is 0 Å². The molecule has 1 N–H and O–H groups in total. The van der Waals surface area contributed by atoms with Crippen molar-refractivity contribution in [3.05, 3.63) is 17.1 Å². The number of rotatable bonds is 5. The second-order valence-electron chi connectivity index (χ2n) is 5.89. The standard InChI is InChI=1S/C16H25N3O/c1-2-9-17-16-13-7-5-8-14(13)18-15(19-16)11-12-6-3-4-10-20-12/h12H,2-11H2,1H3,(H,17,18,19). The first kappa shape index (κ1) is 13.8. The average Bonchev–Trinajstić information content (AvgIpc) is 2.94. The van der Waals surface area contributed by atoms with Crippen LogP contribution in [0.25, 0.3) is 0 Å². The zero-order valence-electron chi connectivity index (χ0n) is 12.5. The minimum absolute atomic E-state index is 0.322. The summed E-state index contributed by atoms with van der Waals surface area (Å²) < 4.78 is 5.82. The fraction of sp³-hybridized carbons (Fsp3) is 0.750. The molecule has 0 saturated carbocycles. The van der Waals surface area contributed by atoms with Crippen molar-refractivity contribution >= 4 is 5.82 Å². The third-order valence-electron chi connectivity index (χ3n) is 4.21. The van der Waals surface area contributed by atoms with Crippen molar-refractivity contribution in [2.45, 2.75) is 64.4 Å². The molecule has 1 aromatic rings. The van der Waals surface area contributed by atoms with Crippen LogP contribution in [0.3, 0.4) is 0 Å². The van der Waals surface area contributed by atoms with Gasteiger partial charge in [-0.3, -0.25) is 0 Å². The zero-order chi connectivity index (χ0) is 13.8. The Bertz CT molecular complexity index is 455. The number of anilines is 1. The van der Waals surface area contributed by atoms with E-state index in [0.717, 1.165) is 56.9 Å². The fourth-order valence-electron chi connectivity index (χ4n) is 3.14. The number of hydrogen-bond donors (Lipinski definition) is 1. The second-order valence-corrected chi connectivity index (χ2v) is 5.89. The molecule has 0 aromatic carbocycles. The molecule has 20 heavy (non-hydrogen) atoms. The first-order valence-electron chi connectivity index (χ1n) is 8.11. The van der Waals surface area contributed by atoms with Crippen molar-refractivity contribution in [1.82, 2.24) is 9.97 Å². The zero-order valence-corrected chi connectivity index (χ0v) is 12.5. The Kier molecular flexibility index (Phi) is 4.51. The molecule has 1 aliphatic heterocycles. The maximum Gasteiger partial charge on any atom is 0.133 e. The van der Waals surface area contributed by atoms with Crippen molar-refractivity contribution in [2.24, 2.45) is 0 Å². The van der Waals surface area contributed by atoms with Crippen molar-refractivity contribution < 1.29 is 4.74 Å². The van der Waals surface area contributed by atoms with Crippen molar-refractivity contribution in [2.75, 3.05) is 18.5 Å². The molecule has 110 valence electrons. The maximum absolute atomic E-state index is 5.82. The van der Waals surface area contributed by atoms with E-state index < -0.39 is 0 Å². The van der Waals surface area contributed by atoms with Crippen LogP contribution in [0.5, 0.6) is 0 Å². The summed E-state index contributed by atoms with van der Waals surface area (Å²) in [6.07, 6.45) is 9.39. The normalized spacial score (nSPS) is 21.8. The van der Waals surface area contributed by atoms with Crippen LogP contribution in [0.1, 0.15) is 56.1 Å². The molecule has 2 aliphatic rings. The number of aryl methyl sites for hydroxylation is 1. The highest BCUT2D eigenvalue weighted by atomic mass is 16.5. The number of nitrogens with zero attached hydrogens (tertiary/aromatic N) is 2. The van der Waals surface area contributed by atoms with Gasteiger partial charge in [-0.25, -0.2) is 9.97 Å². The first-order valence-corrected chi connectivity index (χ1v) is 8.11. The molecule has 2 heterocycles. The van der Waals surface area contributed by atoms with Gasteiger partial charge in [0.1, 0.15) is 11.6 Å². The molecule has 1 saturated heterocycles. The largest absolute Gasteiger partial charge is 0.378 e. The van der Waals surface area contributed by atoms with Crippen LogP contribution in [-0.4, -0.2) is 29.2 Å². The first-order chi connectivity index (χ1) is 9.86. The lowest BCUT2D eigenvalue weighted by atomic mass is 10.1. The van der Waals surface area contributed by atoms with Crippen LogP contribution in [0.4, 0.5) is 5.82 Å². The SMILES string of the molecule is CCCNc1nc(CC2CCCCO2)nc2c1CCC2. The molecule has 0 spiro atoms.